The number of fused-ring (bicyclic) bond motifs is 1. The van der Waals surface area contributed by atoms with Crippen molar-refractivity contribution in [2.24, 2.45) is 0 Å². The third-order valence-corrected chi connectivity index (χ3v) is 8.44. The summed E-state index contributed by atoms with van der Waals surface area (Å²) in [5.74, 6) is 0.0983. The van der Waals surface area contributed by atoms with E-state index in [0.29, 0.717) is 34.5 Å². The molecule has 1 aliphatic rings. The lowest BCUT2D eigenvalue weighted by molar-refractivity contribution is 0.0699. The minimum Gasteiger partial charge on any atom is -0.360 e. The maximum Gasteiger partial charge on any atom is 0.254 e. The average Bonchev–Trinajstić information content (AvgIpc) is 3.45. The molecule has 0 spiro atoms. The summed E-state index contributed by atoms with van der Waals surface area (Å²) in [6.07, 6.45) is 1.67. The summed E-state index contributed by atoms with van der Waals surface area (Å²) in [7, 11) is -3.76. The fourth-order valence-corrected chi connectivity index (χ4v) is 6.20. The highest BCUT2D eigenvalue weighted by Gasteiger charge is 2.35. The molecule has 1 saturated heterocycles. The Bertz CT molecular complexity index is 1480. The van der Waals surface area contributed by atoms with E-state index in [2.05, 4.69) is 10.3 Å². The van der Waals surface area contributed by atoms with Crippen molar-refractivity contribution < 1.29 is 17.7 Å². The van der Waals surface area contributed by atoms with Crippen molar-refractivity contribution in [1.82, 2.24) is 29.1 Å². The van der Waals surface area contributed by atoms with Crippen LogP contribution >= 0.6 is 0 Å². The van der Waals surface area contributed by atoms with Crippen molar-refractivity contribution in [3.05, 3.63) is 59.6 Å². The van der Waals surface area contributed by atoms with Crippen LogP contribution in [0.1, 0.15) is 28.7 Å². The van der Waals surface area contributed by atoms with Crippen molar-refractivity contribution >= 4 is 27.0 Å². The van der Waals surface area contributed by atoms with E-state index in [9.17, 15) is 13.2 Å². The molecular formula is C24H26N6O4S. The second-order valence-electron chi connectivity index (χ2n) is 8.47. The van der Waals surface area contributed by atoms with Gasteiger partial charge in [-0.3, -0.25) is 4.79 Å². The van der Waals surface area contributed by atoms with E-state index in [1.54, 1.807) is 35.7 Å². The van der Waals surface area contributed by atoms with E-state index in [1.165, 1.54) is 4.31 Å². The second-order valence-corrected chi connectivity index (χ2v) is 10.3. The largest absolute Gasteiger partial charge is 0.360 e. The number of carbonyl (C=O) groups is 1. The number of pyridine rings is 1. The highest BCUT2D eigenvalue weighted by Crippen LogP contribution is 2.28. The molecule has 182 valence electrons. The molecule has 0 saturated carbocycles. The van der Waals surface area contributed by atoms with Crippen LogP contribution in [0.2, 0.25) is 0 Å². The molecule has 1 aliphatic heterocycles. The third kappa shape index (κ3) is 4.00. The van der Waals surface area contributed by atoms with Crippen molar-refractivity contribution in [2.75, 3.05) is 26.2 Å². The lowest BCUT2D eigenvalue weighted by Crippen LogP contribution is -2.50. The summed E-state index contributed by atoms with van der Waals surface area (Å²) in [5, 5.41) is 8.86. The molecule has 1 fully saturated rings. The summed E-state index contributed by atoms with van der Waals surface area (Å²) in [6.45, 7) is 6.71. The molecule has 5 rings (SSSR count). The van der Waals surface area contributed by atoms with Crippen LogP contribution in [0, 0.1) is 13.8 Å². The van der Waals surface area contributed by atoms with Gasteiger partial charge in [-0.25, -0.2) is 18.1 Å². The third-order valence-electron chi connectivity index (χ3n) is 6.30. The van der Waals surface area contributed by atoms with Gasteiger partial charge in [0.25, 0.3) is 5.91 Å². The molecule has 1 amide bonds. The van der Waals surface area contributed by atoms with Gasteiger partial charge in [-0.2, -0.15) is 9.40 Å². The van der Waals surface area contributed by atoms with Crippen LogP contribution in [0.3, 0.4) is 0 Å². The first kappa shape index (κ1) is 23.2. The number of aromatic nitrogens is 4. The molecule has 11 heteroatoms. The summed E-state index contributed by atoms with van der Waals surface area (Å²) in [6, 6.07) is 11.5. The van der Waals surface area contributed by atoms with Gasteiger partial charge in [-0.15, -0.1) is 0 Å². The van der Waals surface area contributed by atoms with E-state index in [1.807, 2.05) is 37.3 Å². The predicted molar refractivity (Wildman–Crippen MR) is 129 cm³/mol. The zero-order valence-corrected chi connectivity index (χ0v) is 20.6. The second kappa shape index (κ2) is 8.90. The molecule has 10 nitrogen and oxygen atoms in total. The lowest BCUT2D eigenvalue weighted by Gasteiger charge is -2.34. The van der Waals surface area contributed by atoms with Crippen LogP contribution < -0.4 is 0 Å². The molecule has 0 unspecified atom stereocenters. The molecule has 0 radical (unpaired) electrons. The maximum absolute atomic E-state index is 13.7. The normalized spacial score (nSPS) is 15.1. The number of piperazine rings is 1. The molecule has 4 heterocycles. The van der Waals surface area contributed by atoms with Crippen LogP contribution in [0.25, 0.3) is 22.3 Å². The van der Waals surface area contributed by atoms with E-state index in [4.69, 9.17) is 9.51 Å². The van der Waals surface area contributed by atoms with E-state index >= 15 is 0 Å². The Labute approximate surface area is 203 Å². The fourth-order valence-electron chi connectivity index (χ4n) is 4.49. The Morgan fingerprint density at radius 1 is 1.09 bits per heavy atom. The number of hydrogen-bond donors (Lipinski definition) is 0. The smallest absolute Gasteiger partial charge is 0.254 e. The monoisotopic (exact) mass is 494 g/mol. The molecule has 0 atom stereocenters. The van der Waals surface area contributed by atoms with Gasteiger partial charge in [0.15, 0.2) is 11.4 Å². The van der Waals surface area contributed by atoms with Gasteiger partial charge in [0, 0.05) is 38.3 Å². The Morgan fingerprint density at radius 3 is 2.43 bits per heavy atom. The summed E-state index contributed by atoms with van der Waals surface area (Å²) in [5.41, 5.74) is 3.09. The Kier molecular flexibility index (Phi) is 5.89. The summed E-state index contributed by atoms with van der Waals surface area (Å²) in [4.78, 5) is 20.2. The minimum absolute atomic E-state index is 0.104. The van der Waals surface area contributed by atoms with Gasteiger partial charge in [0.2, 0.25) is 10.0 Å². The molecule has 3 aromatic heterocycles. The van der Waals surface area contributed by atoms with E-state index < -0.39 is 10.0 Å². The molecular weight excluding hydrogens is 468 g/mol. The van der Waals surface area contributed by atoms with Crippen LogP contribution in [0.15, 0.2) is 52.0 Å². The van der Waals surface area contributed by atoms with Gasteiger partial charge >= 0.3 is 0 Å². The molecule has 0 N–H and O–H groups in total. The number of hydrogen-bond acceptors (Lipinski definition) is 7. The Hall–Kier alpha value is -3.57. The van der Waals surface area contributed by atoms with Crippen LogP contribution in [0.5, 0.6) is 0 Å². The number of aryl methyl sites for hydroxylation is 3. The van der Waals surface area contributed by atoms with Crippen LogP contribution in [-0.4, -0.2) is 69.6 Å². The Balaban J connectivity index is 1.44. The first-order valence-corrected chi connectivity index (χ1v) is 12.9. The standard InChI is InChI=1S/C24H26N6O4S/c1-4-30-23-20(15-25-30)19(14-21(26-23)18-8-6-5-7-9-18)24(31)28-10-12-29(13-11-28)35(32,33)22-16(2)27-34-17(22)3/h5-9,14-15H,4,10-13H2,1-3H3. The quantitative estimate of drug-likeness (QED) is 0.419. The minimum atomic E-state index is -3.76. The lowest BCUT2D eigenvalue weighted by atomic mass is 10.1. The zero-order chi connectivity index (χ0) is 24.7. The fraction of sp³-hybridized carbons (Fsp3) is 0.333. The first-order chi connectivity index (χ1) is 16.8. The number of amides is 1. The van der Waals surface area contributed by atoms with Crippen molar-refractivity contribution in [2.45, 2.75) is 32.2 Å². The highest BCUT2D eigenvalue weighted by molar-refractivity contribution is 7.89. The average molecular weight is 495 g/mol. The SMILES string of the molecule is CCn1ncc2c(C(=O)N3CCN(S(=O)(=O)c4c(C)noc4C)CC3)cc(-c3ccccc3)nc21. The van der Waals surface area contributed by atoms with Gasteiger partial charge in [0.05, 0.1) is 22.8 Å². The molecule has 0 aliphatic carbocycles. The number of nitrogens with zero attached hydrogens (tertiary/aromatic N) is 6. The van der Waals surface area contributed by atoms with Gasteiger partial charge in [-0.1, -0.05) is 35.5 Å². The number of benzene rings is 1. The van der Waals surface area contributed by atoms with Crippen molar-refractivity contribution in [3.63, 3.8) is 0 Å². The van der Waals surface area contributed by atoms with Crippen LogP contribution in [0.4, 0.5) is 0 Å². The van der Waals surface area contributed by atoms with E-state index in [-0.39, 0.29) is 42.7 Å². The van der Waals surface area contributed by atoms with Crippen molar-refractivity contribution in [3.8, 4) is 11.3 Å². The van der Waals surface area contributed by atoms with Crippen LogP contribution in [-0.2, 0) is 16.6 Å². The topological polar surface area (TPSA) is 114 Å². The zero-order valence-electron chi connectivity index (χ0n) is 19.8. The predicted octanol–water partition coefficient (Wildman–Crippen LogP) is 2.87. The van der Waals surface area contributed by atoms with Gasteiger partial charge < -0.3 is 9.42 Å². The number of sulfonamides is 1. The number of rotatable bonds is 5. The van der Waals surface area contributed by atoms with Gasteiger partial charge in [0.1, 0.15) is 10.6 Å². The summed E-state index contributed by atoms with van der Waals surface area (Å²) < 4.78 is 34.5. The first-order valence-electron chi connectivity index (χ1n) is 11.5. The molecule has 0 bridgehead atoms. The molecule has 1 aromatic carbocycles. The Morgan fingerprint density at radius 2 is 1.80 bits per heavy atom. The number of carbonyl (C=O) groups excluding carboxylic acids is 1. The highest BCUT2D eigenvalue weighted by atomic mass is 32.2. The maximum atomic E-state index is 13.7. The molecule has 35 heavy (non-hydrogen) atoms. The van der Waals surface area contributed by atoms with E-state index in [0.717, 1.165) is 5.56 Å². The molecule has 4 aromatic rings. The van der Waals surface area contributed by atoms with Gasteiger partial charge in [-0.05, 0) is 26.8 Å². The summed E-state index contributed by atoms with van der Waals surface area (Å²) >= 11 is 0. The van der Waals surface area contributed by atoms with Crippen molar-refractivity contribution in [1.29, 1.82) is 0 Å².